The summed E-state index contributed by atoms with van der Waals surface area (Å²) in [6.07, 6.45) is 0.779. The summed E-state index contributed by atoms with van der Waals surface area (Å²) in [5.74, 6) is 0.297. The van der Waals surface area contributed by atoms with Crippen molar-refractivity contribution in [2.75, 3.05) is 0 Å². The number of rotatable bonds is 3. The molecule has 0 fully saturated rings. The second kappa shape index (κ2) is 4.90. The largest absolute Gasteiger partial charge is 0.364 e. The molecular formula is C13H13ClN2O2. The molecule has 0 saturated heterocycles. The minimum atomic E-state index is -0.468. The van der Waals surface area contributed by atoms with E-state index in [1.165, 1.54) is 0 Å². The van der Waals surface area contributed by atoms with E-state index in [1.807, 2.05) is 6.07 Å². The van der Waals surface area contributed by atoms with Crippen LogP contribution in [0.3, 0.4) is 0 Å². The van der Waals surface area contributed by atoms with Crippen molar-refractivity contribution in [1.29, 1.82) is 0 Å². The highest BCUT2D eigenvalue weighted by Crippen LogP contribution is 2.26. The summed E-state index contributed by atoms with van der Waals surface area (Å²) in [5.41, 5.74) is 1.52. The van der Waals surface area contributed by atoms with E-state index < -0.39 is 4.92 Å². The average molecular weight is 265 g/mol. The monoisotopic (exact) mass is 264 g/mol. The molecule has 2 rings (SSSR count). The fraction of sp³-hybridized carbons (Fsp3) is 0.308. The molecule has 0 spiro atoms. The fourth-order valence-corrected chi connectivity index (χ4v) is 2.13. The number of pyridine rings is 1. The molecule has 0 unspecified atom stereocenters. The Labute approximate surface area is 110 Å². The topological polar surface area (TPSA) is 56.0 Å². The van der Waals surface area contributed by atoms with Crippen LogP contribution in [-0.2, 0) is 6.42 Å². The van der Waals surface area contributed by atoms with Crippen LogP contribution in [0, 0.1) is 16.0 Å². The lowest BCUT2D eigenvalue weighted by atomic mass is 9.99. The van der Waals surface area contributed by atoms with Crippen molar-refractivity contribution < 1.29 is 4.92 Å². The quantitative estimate of drug-likeness (QED) is 0.622. The molecule has 0 saturated carbocycles. The number of benzene rings is 1. The number of fused-ring (bicyclic) bond motifs is 1. The first-order valence-electron chi connectivity index (χ1n) is 5.71. The first-order chi connectivity index (χ1) is 8.47. The Bertz CT molecular complexity index is 611. The van der Waals surface area contributed by atoms with Crippen molar-refractivity contribution in [3.63, 3.8) is 0 Å². The van der Waals surface area contributed by atoms with E-state index in [1.54, 1.807) is 18.2 Å². The van der Waals surface area contributed by atoms with Gasteiger partial charge in [-0.2, -0.15) is 0 Å². The van der Waals surface area contributed by atoms with Gasteiger partial charge >= 0.3 is 5.82 Å². The van der Waals surface area contributed by atoms with Crippen LogP contribution in [0.1, 0.15) is 19.4 Å². The zero-order valence-electron chi connectivity index (χ0n) is 10.2. The highest BCUT2D eigenvalue weighted by Gasteiger charge is 2.15. The summed E-state index contributed by atoms with van der Waals surface area (Å²) in [5, 5.41) is 12.3. The van der Waals surface area contributed by atoms with E-state index in [2.05, 4.69) is 18.8 Å². The lowest BCUT2D eigenvalue weighted by molar-refractivity contribution is -0.389. The number of nitro groups is 1. The van der Waals surface area contributed by atoms with Crippen molar-refractivity contribution in [2.45, 2.75) is 20.3 Å². The highest BCUT2D eigenvalue weighted by atomic mass is 35.5. The van der Waals surface area contributed by atoms with Crippen molar-refractivity contribution in [3.05, 3.63) is 45.0 Å². The van der Waals surface area contributed by atoms with Crippen LogP contribution in [-0.4, -0.2) is 9.91 Å². The molecular weight excluding hydrogens is 252 g/mol. The summed E-state index contributed by atoms with van der Waals surface area (Å²) < 4.78 is 0. The van der Waals surface area contributed by atoms with E-state index >= 15 is 0 Å². The molecule has 0 aliphatic heterocycles. The Kier molecular flexibility index (Phi) is 3.48. The molecule has 0 atom stereocenters. The average Bonchev–Trinajstić information content (AvgIpc) is 2.27. The van der Waals surface area contributed by atoms with Crippen LogP contribution in [0.25, 0.3) is 10.9 Å². The third kappa shape index (κ3) is 2.59. The minimum absolute atomic E-state index is 0.125. The van der Waals surface area contributed by atoms with Crippen molar-refractivity contribution >= 4 is 28.3 Å². The molecule has 4 nitrogen and oxygen atoms in total. The van der Waals surface area contributed by atoms with Crippen LogP contribution in [0.4, 0.5) is 5.82 Å². The van der Waals surface area contributed by atoms with Crippen molar-refractivity contribution in [2.24, 2.45) is 5.92 Å². The normalized spacial score (nSPS) is 11.1. The van der Waals surface area contributed by atoms with Crippen LogP contribution >= 0.6 is 11.6 Å². The molecule has 0 amide bonds. The van der Waals surface area contributed by atoms with Crippen LogP contribution in [0.15, 0.2) is 24.3 Å². The lowest BCUT2D eigenvalue weighted by Gasteiger charge is -2.07. The molecule has 0 aliphatic rings. The Morgan fingerprint density at radius 3 is 2.72 bits per heavy atom. The number of hydrogen-bond acceptors (Lipinski definition) is 3. The minimum Gasteiger partial charge on any atom is -0.358 e. The third-order valence-electron chi connectivity index (χ3n) is 2.66. The van der Waals surface area contributed by atoms with E-state index in [0.717, 1.165) is 17.4 Å². The summed E-state index contributed by atoms with van der Waals surface area (Å²) in [6.45, 7) is 4.15. The van der Waals surface area contributed by atoms with Gasteiger partial charge in [-0.15, -0.1) is 0 Å². The molecule has 5 heteroatoms. The zero-order valence-corrected chi connectivity index (χ0v) is 10.9. The van der Waals surface area contributed by atoms with Gasteiger partial charge in [-0.3, -0.25) is 0 Å². The zero-order chi connectivity index (χ0) is 13.3. The van der Waals surface area contributed by atoms with Gasteiger partial charge in [0.25, 0.3) is 0 Å². The second-order valence-corrected chi connectivity index (χ2v) is 5.09. The maximum atomic E-state index is 10.9. The molecule has 0 bridgehead atoms. The SMILES string of the molecule is CC(C)Cc1cc([N+](=O)[O-])nc2cc(Cl)ccc12. The summed E-state index contributed by atoms with van der Waals surface area (Å²) in [7, 11) is 0. The summed E-state index contributed by atoms with van der Waals surface area (Å²) >= 11 is 5.90. The fourth-order valence-electron chi connectivity index (χ4n) is 1.96. The maximum absolute atomic E-state index is 10.9. The highest BCUT2D eigenvalue weighted by molar-refractivity contribution is 6.31. The Morgan fingerprint density at radius 2 is 2.11 bits per heavy atom. The third-order valence-corrected chi connectivity index (χ3v) is 2.89. The van der Waals surface area contributed by atoms with Crippen molar-refractivity contribution in [1.82, 2.24) is 4.98 Å². The molecule has 0 radical (unpaired) electrons. The van der Waals surface area contributed by atoms with Gasteiger partial charge in [-0.1, -0.05) is 25.4 Å². The van der Waals surface area contributed by atoms with Crippen molar-refractivity contribution in [3.8, 4) is 0 Å². The van der Waals surface area contributed by atoms with Gasteiger partial charge in [-0.25, -0.2) is 0 Å². The molecule has 94 valence electrons. The van der Waals surface area contributed by atoms with Gasteiger partial charge in [0.05, 0.1) is 0 Å². The van der Waals surface area contributed by atoms with Crippen LogP contribution in [0.5, 0.6) is 0 Å². The van der Waals surface area contributed by atoms with E-state index in [4.69, 9.17) is 11.6 Å². The number of aromatic nitrogens is 1. The number of hydrogen-bond donors (Lipinski definition) is 0. The molecule has 1 heterocycles. The predicted molar refractivity (Wildman–Crippen MR) is 71.9 cm³/mol. The lowest BCUT2D eigenvalue weighted by Crippen LogP contribution is -2.00. The second-order valence-electron chi connectivity index (χ2n) is 4.66. The molecule has 0 N–H and O–H groups in total. The first-order valence-corrected chi connectivity index (χ1v) is 6.08. The number of nitrogens with zero attached hydrogens (tertiary/aromatic N) is 2. The van der Waals surface area contributed by atoms with E-state index in [9.17, 15) is 10.1 Å². The molecule has 2 aromatic rings. The Balaban J connectivity index is 2.68. The van der Waals surface area contributed by atoms with Crippen LogP contribution < -0.4 is 0 Å². The standard InChI is InChI=1S/C13H13ClN2O2/c1-8(2)5-9-6-13(16(17)18)15-12-7-10(14)3-4-11(9)12/h3-4,6-8H,5H2,1-2H3. The summed E-state index contributed by atoms with van der Waals surface area (Å²) in [4.78, 5) is 14.4. The van der Waals surface area contributed by atoms with Gasteiger partial charge in [0, 0.05) is 22.5 Å². The van der Waals surface area contributed by atoms with Gasteiger partial charge in [-0.05, 0) is 39.9 Å². The predicted octanol–water partition coefficient (Wildman–Crippen LogP) is 3.99. The smallest absolute Gasteiger partial charge is 0.358 e. The first kappa shape index (κ1) is 12.8. The summed E-state index contributed by atoms with van der Waals surface area (Å²) in [6, 6.07) is 6.86. The maximum Gasteiger partial charge on any atom is 0.364 e. The number of halogens is 1. The Morgan fingerprint density at radius 1 is 1.39 bits per heavy atom. The molecule has 0 aliphatic carbocycles. The van der Waals surface area contributed by atoms with E-state index in [-0.39, 0.29) is 5.82 Å². The molecule has 18 heavy (non-hydrogen) atoms. The van der Waals surface area contributed by atoms with Gasteiger partial charge in [0.15, 0.2) is 5.52 Å². The molecule has 1 aromatic carbocycles. The van der Waals surface area contributed by atoms with E-state index in [0.29, 0.717) is 16.5 Å². The van der Waals surface area contributed by atoms with Gasteiger partial charge in [0.2, 0.25) is 0 Å². The van der Waals surface area contributed by atoms with Gasteiger partial charge < -0.3 is 10.1 Å². The van der Waals surface area contributed by atoms with Gasteiger partial charge in [0.1, 0.15) is 0 Å². The Hall–Kier alpha value is -1.68. The molecule has 1 aromatic heterocycles. The van der Waals surface area contributed by atoms with Crippen LogP contribution in [0.2, 0.25) is 5.02 Å².